The van der Waals surface area contributed by atoms with Crippen LogP contribution in [0.5, 0.6) is 0 Å². The Balaban J connectivity index is 1.37. The van der Waals surface area contributed by atoms with Crippen LogP contribution in [0.25, 0.3) is 0 Å². The van der Waals surface area contributed by atoms with E-state index in [9.17, 15) is 5.11 Å². The van der Waals surface area contributed by atoms with Crippen molar-refractivity contribution < 1.29 is 28.8 Å². The first-order valence-corrected chi connectivity index (χ1v) is 10.3. The first-order valence-electron chi connectivity index (χ1n) is 10.3. The molecule has 146 valence electrons. The molecule has 5 aliphatic rings. The summed E-state index contributed by atoms with van der Waals surface area (Å²) in [6.07, 6.45) is 10.3. The van der Waals surface area contributed by atoms with Crippen molar-refractivity contribution in [1.82, 2.24) is 0 Å². The number of fused-ring (bicyclic) bond motifs is 1. The van der Waals surface area contributed by atoms with Gasteiger partial charge in [0.25, 0.3) is 0 Å². The molecule has 6 heteroatoms. The molecule has 0 aromatic rings. The van der Waals surface area contributed by atoms with Gasteiger partial charge in [-0.1, -0.05) is 19.4 Å². The molecule has 5 rings (SSSR count). The van der Waals surface area contributed by atoms with Gasteiger partial charge in [-0.15, -0.1) is 0 Å². The van der Waals surface area contributed by atoms with Crippen molar-refractivity contribution in [1.29, 1.82) is 0 Å². The first kappa shape index (κ1) is 17.6. The maximum absolute atomic E-state index is 11.0. The average molecular weight is 366 g/mol. The molecule has 0 aromatic heterocycles. The quantitative estimate of drug-likeness (QED) is 0.758. The van der Waals surface area contributed by atoms with Crippen LogP contribution in [0.15, 0.2) is 12.7 Å². The van der Waals surface area contributed by atoms with E-state index in [1.165, 1.54) is 18.9 Å². The van der Waals surface area contributed by atoms with Gasteiger partial charge >= 0.3 is 0 Å². The van der Waals surface area contributed by atoms with Crippen LogP contribution < -0.4 is 0 Å². The first-order chi connectivity index (χ1) is 12.6. The highest BCUT2D eigenvalue weighted by Crippen LogP contribution is 2.51. The van der Waals surface area contributed by atoms with Crippen LogP contribution >= 0.6 is 0 Å². The van der Waals surface area contributed by atoms with Crippen molar-refractivity contribution in [3.8, 4) is 0 Å². The fourth-order valence-corrected chi connectivity index (χ4v) is 5.42. The van der Waals surface area contributed by atoms with Gasteiger partial charge in [-0.3, -0.25) is 0 Å². The minimum absolute atomic E-state index is 0.253. The third-order valence-corrected chi connectivity index (χ3v) is 6.81. The van der Waals surface area contributed by atoms with E-state index in [-0.39, 0.29) is 12.2 Å². The van der Waals surface area contributed by atoms with Gasteiger partial charge in [-0.25, -0.2) is 0 Å². The number of ether oxygens (including phenoxy) is 5. The van der Waals surface area contributed by atoms with E-state index in [1.807, 2.05) is 0 Å². The third-order valence-electron chi connectivity index (χ3n) is 6.81. The molecule has 0 aromatic carbocycles. The van der Waals surface area contributed by atoms with E-state index in [2.05, 4.69) is 6.58 Å². The van der Waals surface area contributed by atoms with Crippen LogP contribution in [0.4, 0.5) is 0 Å². The molecule has 0 amide bonds. The zero-order valence-electron chi connectivity index (χ0n) is 15.4. The summed E-state index contributed by atoms with van der Waals surface area (Å²) in [5.74, 6) is -2.60. The normalized spacial score (nSPS) is 46.7. The van der Waals surface area contributed by atoms with Crippen LogP contribution in [0.3, 0.4) is 0 Å². The molecule has 0 radical (unpaired) electrons. The van der Waals surface area contributed by atoms with Crippen molar-refractivity contribution in [3.05, 3.63) is 12.7 Å². The van der Waals surface area contributed by atoms with Gasteiger partial charge in [-0.05, 0) is 31.8 Å². The van der Waals surface area contributed by atoms with E-state index < -0.39 is 29.6 Å². The summed E-state index contributed by atoms with van der Waals surface area (Å²) in [5.41, 5.74) is 0. The lowest BCUT2D eigenvalue weighted by Gasteiger charge is -2.36. The zero-order valence-corrected chi connectivity index (χ0v) is 15.4. The van der Waals surface area contributed by atoms with Crippen molar-refractivity contribution in [2.75, 3.05) is 6.61 Å². The number of hydrogen-bond donors (Lipinski definition) is 1. The maximum atomic E-state index is 11.0. The monoisotopic (exact) mass is 366 g/mol. The van der Waals surface area contributed by atoms with Gasteiger partial charge in [0.1, 0.15) is 24.4 Å². The van der Waals surface area contributed by atoms with E-state index in [1.54, 1.807) is 0 Å². The second kappa shape index (κ2) is 6.26. The van der Waals surface area contributed by atoms with Gasteiger partial charge < -0.3 is 28.8 Å². The largest absolute Gasteiger partial charge is 0.360 e. The molecule has 1 N–H and O–H groups in total. The van der Waals surface area contributed by atoms with Gasteiger partial charge in [0.2, 0.25) is 5.79 Å². The topological polar surface area (TPSA) is 66.4 Å². The summed E-state index contributed by atoms with van der Waals surface area (Å²) in [6, 6.07) is 0. The fraction of sp³-hybridized carbons (Fsp3) is 0.900. The van der Waals surface area contributed by atoms with Gasteiger partial charge in [0.15, 0.2) is 11.6 Å². The van der Waals surface area contributed by atoms with Crippen molar-refractivity contribution in [2.24, 2.45) is 0 Å². The van der Waals surface area contributed by atoms with Gasteiger partial charge in [0.05, 0.1) is 6.61 Å². The third kappa shape index (κ3) is 2.69. The van der Waals surface area contributed by atoms with Crippen molar-refractivity contribution in [2.45, 2.75) is 106 Å². The highest BCUT2D eigenvalue weighted by atomic mass is 16.8. The standard InChI is InChI=1S/C20H30O6/c1-2-20(21)17-16(24-19(26-17)11-7-4-8-12-19)15(25-20)14-13-22-18(23-14)9-5-3-6-10-18/h2,14-17,21H,1,3-13H2/t14-,15+,16?,17?,20?/m1/s1. The number of rotatable bonds is 2. The van der Waals surface area contributed by atoms with Gasteiger partial charge in [0, 0.05) is 25.7 Å². The Morgan fingerprint density at radius 3 is 2.08 bits per heavy atom. The Hall–Kier alpha value is -0.500. The highest BCUT2D eigenvalue weighted by molar-refractivity contribution is 5.12. The van der Waals surface area contributed by atoms with Crippen molar-refractivity contribution >= 4 is 0 Å². The average Bonchev–Trinajstić information content (AvgIpc) is 3.30. The summed E-state index contributed by atoms with van der Waals surface area (Å²) in [7, 11) is 0. The Bertz CT molecular complexity index is 553. The lowest BCUT2D eigenvalue weighted by Crippen LogP contribution is -2.44. The van der Waals surface area contributed by atoms with Gasteiger partial charge in [-0.2, -0.15) is 0 Å². The molecule has 5 fully saturated rings. The van der Waals surface area contributed by atoms with E-state index in [0.717, 1.165) is 51.4 Å². The summed E-state index contributed by atoms with van der Waals surface area (Å²) >= 11 is 0. The number of aliphatic hydroxyl groups is 1. The van der Waals surface area contributed by atoms with Crippen LogP contribution in [-0.4, -0.2) is 53.5 Å². The molecule has 2 saturated carbocycles. The Morgan fingerprint density at radius 1 is 0.769 bits per heavy atom. The SMILES string of the molecule is C=CC1(O)O[C@@H]([C@H]2COC3(CCCCC3)O2)C2OC3(CCCCC3)OC21. The summed E-state index contributed by atoms with van der Waals surface area (Å²) < 4.78 is 31.2. The molecule has 6 nitrogen and oxygen atoms in total. The Morgan fingerprint density at radius 2 is 1.42 bits per heavy atom. The molecule has 3 heterocycles. The molecular formula is C20H30O6. The van der Waals surface area contributed by atoms with Crippen LogP contribution in [0.1, 0.15) is 64.2 Å². The Kier molecular flexibility index (Phi) is 4.23. The second-order valence-corrected chi connectivity index (χ2v) is 8.57. The smallest absolute Gasteiger partial charge is 0.215 e. The minimum Gasteiger partial charge on any atom is -0.360 e. The summed E-state index contributed by atoms with van der Waals surface area (Å²) in [5, 5.41) is 11.0. The molecule has 3 unspecified atom stereocenters. The fourth-order valence-electron chi connectivity index (χ4n) is 5.42. The lowest BCUT2D eigenvalue weighted by atomic mass is 9.94. The van der Waals surface area contributed by atoms with E-state index in [0.29, 0.717) is 6.61 Å². The van der Waals surface area contributed by atoms with E-state index in [4.69, 9.17) is 23.7 Å². The van der Waals surface area contributed by atoms with Crippen LogP contribution in [-0.2, 0) is 23.7 Å². The predicted molar refractivity (Wildman–Crippen MR) is 92.2 cm³/mol. The molecule has 0 bridgehead atoms. The Labute approximate surface area is 154 Å². The lowest BCUT2D eigenvalue weighted by molar-refractivity contribution is -0.283. The number of hydrogen-bond acceptors (Lipinski definition) is 6. The molecule has 3 aliphatic heterocycles. The molecule has 3 saturated heterocycles. The predicted octanol–water partition coefficient (Wildman–Crippen LogP) is 2.78. The summed E-state index contributed by atoms with van der Waals surface area (Å²) in [4.78, 5) is 0. The maximum Gasteiger partial charge on any atom is 0.215 e. The molecule has 2 aliphatic carbocycles. The molecule has 26 heavy (non-hydrogen) atoms. The molecule has 2 spiro atoms. The second-order valence-electron chi connectivity index (χ2n) is 8.57. The van der Waals surface area contributed by atoms with E-state index >= 15 is 0 Å². The summed E-state index contributed by atoms with van der Waals surface area (Å²) in [6.45, 7) is 4.24. The minimum atomic E-state index is -1.54. The molecule has 5 atom stereocenters. The van der Waals surface area contributed by atoms with Crippen LogP contribution in [0.2, 0.25) is 0 Å². The molecular weight excluding hydrogens is 336 g/mol. The van der Waals surface area contributed by atoms with Crippen LogP contribution in [0, 0.1) is 0 Å². The zero-order chi connectivity index (χ0) is 17.8. The highest BCUT2D eigenvalue weighted by Gasteiger charge is 2.66. The van der Waals surface area contributed by atoms with Crippen molar-refractivity contribution in [3.63, 3.8) is 0 Å².